The van der Waals surface area contributed by atoms with Crippen molar-refractivity contribution in [3.8, 4) is 0 Å². The number of carbonyl (C=O) groups excluding carboxylic acids is 2. The van der Waals surface area contributed by atoms with Crippen LogP contribution in [0.4, 0.5) is 0 Å². The molecule has 0 saturated carbocycles. The van der Waals surface area contributed by atoms with Crippen LogP contribution in [0.2, 0.25) is 0 Å². The van der Waals surface area contributed by atoms with Gasteiger partial charge in [0.05, 0.1) is 0 Å². The Balaban J connectivity index is -0.000000118. The standard InChI is InChI=1S/C7H13NO.C6H11NO.2C2H7N/c1-4-5-8-7(9)6(2)3;1-4-7-6(8)5(2)3;2*1-3-2/h2,4-5H2,1,3H3,(H,8,9);2,4H2,1,3H3,(H,7,8);2*3H,1-2H3. The molecule has 0 unspecified atom stereocenters. The van der Waals surface area contributed by atoms with E-state index in [9.17, 15) is 9.59 Å². The second-order valence-corrected chi connectivity index (χ2v) is 4.68. The van der Waals surface area contributed by atoms with E-state index in [0.29, 0.717) is 17.7 Å². The van der Waals surface area contributed by atoms with Gasteiger partial charge in [-0.1, -0.05) is 20.1 Å². The molecule has 0 saturated heterocycles. The Kier molecular flexibility index (Phi) is 32.3. The van der Waals surface area contributed by atoms with Gasteiger partial charge in [0.1, 0.15) is 0 Å². The predicted molar refractivity (Wildman–Crippen MR) is 102 cm³/mol. The van der Waals surface area contributed by atoms with Crippen molar-refractivity contribution >= 4 is 11.8 Å². The van der Waals surface area contributed by atoms with Crippen molar-refractivity contribution < 1.29 is 9.59 Å². The van der Waals surface area contributed by atoms with Gasteiger partial charge >= 0.3 is 0 Å². The van der Waals surface area contributed by atoms with Gasteiger partial charge in [0.15, 0.2) is 0 Å². The summed E-state index contributed by atoms with van der Waals surface area (Å²) in [5.74, 6) is -0.107. The number of carbonyl (C=O) groups is 2. The number of hydrogen-bond donors (Lipinski definition) is 4. The molecule has 23 heavy (non-hydrogen) atoms. The molecule has 0 atom stereocenters. The fraction of sp³-hybridized carbons (Fsp3) is 0.647. The fourth-order valence-corrected chi connectivity index (χ4v) is 0.701. The van der Waals surface area contributed by atoms with Crippen molar-refractivity contribution in [1.29, 1.82) is 0 Å². The molecule has 0 radical (unpaired) electrons. The van der Waals surface area contributed by atoms with Crippen molar-refractivity contribution in [1.82, 2.24) is 21.3 Å². The van der Waals surface area contributed by atoms with E-state index < -0.39 is 0 Å². The highest BCUT2D eigenvalue weighted by Crippen LogP contribution is 1.84. The Morgan fingerprint density at radius 3 is 1.26 bits per heavy atom. The molecule has 0 heterocycles. The average molecular weight is 331 g/mol. The molecular weight excluding hydrogens is 292 g/mol. The molecule has 6 heteroatoms. The Hall–Kier alpha value is -1.66. The first-order chi connectivity index (χ1) is 10.7. The molecule has 0 fully saturated rings. The van der Waals surface area contributed by atoms with Crippen LogP contribution in [0.3, 0.4) is 0 Å². The molecule has 4 N–H and O–H groups in total. The molecule has 0 aromatic carbocycles. The fourth-order valence-electron chi connectivity index (χ4n) is 0.701. The topological polar surface area (TPSA) is 82.3 Å². The smallest absolute Gasteiger partial charge is 0.246 e. The SMILES string of the molecule is C=C(C)C(=O)NCC.C=C(C)C(=O)NCCC.CNC.CNC. The zero-order chi connectivity index (χ0) is 19.3. The van der Waals surface area contributed by atoms with Crippen LogP contribution >= 0.6 is 0 Å². The van der Waals surface area contributed by atoms with Crippen molar-refractivity contribution in [2.24, 2.45) is 0 Å². The van der Waals surface area contributed by atoms with Crippen LogP contribution < -0.4 is 21.3 Å². The Labute approximate surface area is 143 Å². The molecule has 0 aromatic heterocycles. The lowest BCUT2D eigenvalue weighted by atomic mass is 10.3. The van der Waals surface area contributed by atoms with Crippen LogP contribution in [-0.2, 0) is 9.59 Å². The van der Waals surface area contributed by atoms with E-state index in [1.165, 1.54) is 0 Å². The molecule has 0 aliphatic carbocycles. The van der Waals surface area contributed by atoms with Crippen molar-refractivity contribution in [3.05, 3.63) is 24.3 Å². The maximum Gasteiger partial charge on any atom is 0.246 e. The number of hydrogen-bond acceptors (Lipinski definition) is 4. The zero-order valence-corrected chi connectivity index (χ0v) is 16.4. The molecule has 6 nitrogen and oxygen atoms in total. The highest BCUT2D eigenvalue weighted by atomic mass is 16.2. The molecule has 0 aromatic rings. The summed E-state index contributed by atoms with van der Waals surface area (Å²) < 4.78 is 0. The summed E-state index contributed by atoms with van der Waals surface area (Å²) in [5, 5.41) is 10.8. The highest BCUT2D eigenvalue weighted by molar-refractivity contribution is 5.92. The summed E-state index contributed by atoms with van der Waals surface area (Å²) in [5.41, 5.74) is 1.13. The molecule has 0 aliphatic rings. The van der Waals surface area contributed by atoms with Gasteiger partial charge in [0, 0.05) is 24.2 Å². The molecule has 0 bridgehead atoms. The quantitative estimate of drug-likeness (QED) is 0.575. The largest absolute Gasteiger partial charge is 0.353 e. The number of nitrogens with one attached hydrogen (secondary N) is 4. The lowest BCUT2D eigenvalue weighted by molar-refractivity contribution is -0.118. The van der Waals surface area contributed by atoms with Gasteiger partial charge in [-0.3, -0.25) is 9.59 Å². The molecular formula is C17H38N4O2. The van der Waals surface area contributed by atoms with E-state index in [4.69, 9.17) is 0 Å². The summed E-state index contributed by atoms with van der Waals surface area (Å²) in [6.07, 6.45) is 0.971. The van der Waals surface area contributed by atoms with Crippen LogP contribution in [0.15, 0.2) is 24.3 Å². The van der Waals surface area contributed by atoms with Crippen LogP contribution in [-0.4, -0.2) is 53.1 Å². The minimum atomic E-state index is -0.0625. The molecule has 0 aliphatic heterocycles. The van der Waals surface area contributed by atoms with E-state index in [0.717, 1.165) is 13.0 Å². The van der Waals surface area contributed by atoms with Crippen LogP contribution in [0.25, 0.3) is 0 Å². The van der Waals surface area contributed by atoms with E-state index >= 15 is 0 Å². The van der Waals surface area contributed by atoms with Gasteiger partial charge in [-0.05, 0) is 55.4 Å². The third-order valence-corrected chi connectivity index (χ3v) is 1.65. The van der Waals surface area contributed by atoms with Gasteiger partial charge in [-0.2, -0.15) is 0 Å². The van der Waals surface area contributed by atoms with Gasteiger partial charge < -0.3 is 21.3 Å². The first-order valence-electron chi connectivity index (χ1n) is 7.74. The molecule has 0 rings (SSSR count). The third kappa shape index (κ3) is 38.4. The second-order valence-electron chi connectivity index (χ2n) is 4.68. The second kappa shape index (κ2) is 25.3. The molecule has 138 valence electrons. The maximum atomic E-state index is 10.7. The third-order valence-electron chi connectivity index (χ3n) is 1.65. The lowest BCUT2D eigenvalue weighted by Crippen LogP contribution is -2.24. The summed E-state index contributed by atoms with van der Waals surface area (Å²) >= 11 is 0. The number of amides is 2. The van der Waals surface area contributed by atoms with E-state index in [2.05, 4.69) is 34.4 Å². The zero-order valence-electron chi connectivity index (χ0n) is 16.4. The van der Waals surface area contributed by atoms with Gasteiger partial charge in [-0.15, -0.1) is 0 Å². The van der Waals surface area contributed by atoms with Crippen LogP contribution in [0.5, 0.6) is 0 Å². The van der Waals surface area contributed by atoms with Gasteiger partial charge in [-0.25, -0.2) is 0 Å². The Morgan fingerprint density at radius 1 is 0.783 bits per heavy atom. The normalized spacial score (nSPS) is 7.83. The summed E-state index contributed by atoms with van der Waals surface area (Å²) in [6, 6.07) is 0. The van der Waals surface area contributed by atoms with E-state index in [1.807, 2.05) is 42.0 Å². The predicted octanol–water partition coefficient (Wildman–Crippen LogP) is 1.46. The van der Waals surface area contributed by atoms with Crippen LogP contribution in [0, 0.1) is 0 Å². The highest BCUT2D eigenvalue weighted by Gasteiger charge is 1.96. The minimum Gasteiger partial charge on any atom is -0.353 e. The summed E-state index contributed by atoms with van der Waals surface area (Å²) in [6.45, 7) is 15.6. The Bertz CT molecular complexity index is 314. The van der Waals surface area contributed by atoms with Gasteiger partial charge in [0.25, 0.3) is 0 Å². The maximum absolute atomic E-state index is 10.7. The van der Waals surface area contributed by atoms with E-state index in [-0.39, 0.29) is 11.8 Å². The summed E-state index contributed by atoms with van der Waals surface area (Å²) in [4.78, 5) is 21.2. The number of rotatable bonds is 5. The van der Waals surface area contributed by atoms with Crippen molar-refractivity contribution in [2.45, 2.75) is 34.1 Å². The van der Waals surface area contributed by atoms with Crippen LogP contribution in [0.1, 0.15) is 34.1 Å². The first kappa shape index (κ1) is 29.4. The monoisotopic (exact) mass is 330 g/mol. The van der Waals surface area contributed by atoms with E-state index in [1.54, 1.807) is 13.8 Å². The molecule has 2 amide bonds. The Morgan fingerprint density at radius 2 is 1.09 bits per heavy atom. The van der Waals surface area contributed by atoms with Crippen molar-refractivity contribution in [3.63, 3.8) is 0 Å². The number of likely N-dealkylation sites (N-methyl/N-ethyl adjacent to an activating group) is 1. The molecule has 0 spiro atoms. The average Bonchev–Trinajstić information content (AvgIpc) is 2.47. The summed E-state index contributed by atoms with van der Waals surface area (Å²) in [7, 11) is 7.50. The van der Waals surface area contributed by atoms with Crippen molar-refractivity contribution in [2.75, 3.05) is 41.3 Å². The minimum absolute atomic E-state index is 0.0446. The first-order valence-corrected chi connectivity index (χ1v) is 7.74. The van der Waals surface area contributed by atoms with Gasteiger partial charge in [0.2, 0.25) is 11.8 Å². The lowest BCUT2D eigenvalue weighted by Gasteiger charge is -1.99.